The van der Waals surface area contributed by atoms with Crippen molar-refractivity contribution < 1.29 is 11.2 Å². The van der Waals surface area contributed by atoms with Crippen molar-refractivity contribution in [3.63, 3.8) is 0 Å². The Hall–Kier alpha value is 2.52. The van der Waals surface area contributed by atoms with Gasteiger partial charge in [-0.05, 0) is 0 Å². The first-order valence-corrected chi connectivity index (χ1v) is 0. The van der Waals surface area contributed by atoms with E-state index < -0.39 is 0 Å². The third kappa shape index (κ3) is 8.82. The number of hydrogen-bond acceptors (Lipinski definition) is 0. The average molecular weight is 116 g/mol. The summed E-state index contributed by atoms with van der Waals surface area (Å²) < 4.78 is 0. The molecule has 0 unspecified atom stereocenters. The quantitative estimate of drug-likeness (QED) is 0.318. The zero-order valence-corrected chi connectivity index (χ0v) is 5.54. The Kier molecular flexibility index (Phi) is 139. The Bertz CT molecular complexity index is 16.0. The van der Waals surface area contributed by atoms with Gasteiger partial charge < -0.3 is 11.2 Å². The van der Waals surface area contributed by atoms with Gasteiger partial charge in [0.25, 0.3) is 0 Å². The van der Waals surface area contributed by atoms with Crippen molar-refractivity contribution in [3.05, 3.63) is 0 Å². The molecule has 0 spiro atoms. The minimum Gasteiger partial charge on any atom is -1.00 e. The summed E-state index contributed by atoms with van der Waals surface area (Å²) in [4.78, 5) is 0. The third-order valence-electron chi connectivity index (χ3n) is 0. The van der Waals surface area contributed by atoms with E-state index in [4.69, 9.17) is 0 Å². The standard InChI is InChI=1S/Al.Ca.Mg.H2O.7H/h;;;1H2;;;;;;;/q;2*+2;;;;;4*-1. The van der Waals surface area contributed by atoms with E-state index in [-0.39, 0.29) is 89.3 Å². The van der Waals surface area contributed by atoms with Gasteiger partial charge in [0.2, 0.25) is 0 Å². The first-order chi connectivity index (χ1) is 0. The van der Waals surface area contributed by atoms with Crippen molar-refractivity contribution in [3.8, 4) is 0 Å². The third-order valence-corrected chi connectivity index (χ3v) is 0. The van der Waals surface area contributed by atoms with E-state index in [1.165, 1.54) is 0 Å². The van der Waals surface area contributed by atoms with E-state index in [2.05, 4.69) is 0 Å². The van der Waals surface area contributed by atoms with Gasteiger partial charge in [-0.3, -0.25) is 0 Å². The summed E-state index contributed by atoms with van der Waals surface area (Å²) in [5.41, 5.74) is 0. The van der Waals surface area contributed by atoms with Crippen LogP contribution in [0.4, 0.5) is 0 Å². The van der Waals surface area contributed by atoms with Crippen molar-refractivity contribution in [2.24, 2.45) is 0 Å². The maximum absolute atomic E-state index is 0. The van der Waals surface area contributed by atoms with E-state index in [0.29, 0.717) is 0 Å². The molecule has 0 aliphatic heterocycles. The molecule has 0 saturated heterocycles. The van der Waals surface area contributed by atoms with Crippen LogP contribution in [-0.4, -0.2) is 83.6 Å². The largest absolute Gasteiger partial charge is 2.00 e. The molecule has 0 aliphatic carbocycles. The molecule has 0 saturated carbocycles. The molecule has 0 amide bonds. The molecule has 4 heavy (non-hydrogen) atoms. The Morgan fingerprint density at radius 3 is 1.25 bits per heavy atom. The molecule has 0 fully saturated rings. The van der Waals surface area contributed by atoms with E-state index in [1.54, 1.807) is 0 Å². The van der Waals surface area contributed by atoms with Crippen LogP contribution in [0.5, 0.6) is 0 Å². The molecule has 0 aliphatic rings. The second-order valence-corrected chi connectivity index (χ2v) is 0. The smallest absolute Gasteiger partial charge is 1.00 e. The molecule has 1 nitrogen and oxygen atoms in total. The predicted octanol–water partition coefficient (Wildman–Crippen LogP) is -2.32. The van der Waals surface area contributed by atoms with E-state index >= 15 is 0 Å². The molecule has 0 aromatic heterocycles. The van der Waals surface area contributed by atoms with Crippen LogP contribution in [0.3, 0.4) is 0 Å². The first-order valence-electron chi connectivity index (χ1n) is 0. The van der Waals surface area contributed by atoms with Gasteiger partial charge in [0, 0.05) is 0 Å². The Morgan fingerprint density at radius 1 is 1.25 bits per heavy atom. The Labute approximate surface area is 88.0 Å². The van der Waals surface area contributed by atoms with Crippen LogP contribution in [-0.2, 0) is 0 Å². The second-order valence-electron chi connectivity index (χ2n) is 0. The zero-order chi connectivity index (χ0) is 0. The van der Waals surface area contributed by atoms with Gasteiger partial charge in [-0.1, -0.05) is 0 Å². The van der Waals surface area contributed by atoms with Gasteiger partial charge >= 0.3 is 60.8 Å². The normalized spacial score (nSPS) is 0. The zero-order valence-electron chi connectivity index (χ0n) is 5.91. The summed E-state index contributed by atoms with van der Waals surface area (Å²) >= 11 is 0. The minimum atomic E-state index is 0. The van der Waals surface area contributed by atoms with Crippen LogP contribution in [0.25, 0.3) is 0 Å². The fraction of sp³-hybridized carbons (Fsp3) is 0. The van der Waals surface area contributed by atoms with E-state index in [0.717, 1.165) is 0 Å². The molecular formula is H9AlCaMgO. The van der Waals surface area contributed by atoms with Crippen molar-refractivity contribution in [1.29, 1.82) is 0 Å². The molecule has 4 heteroatoms. The molecule has 0 aromatic rings. The fourth-order valence-corrected chi connectivity index (χ4v) is 0. The van der Waals surface area contributed by atoms with Gasteiger partial charge in [0.15, 0.2) is 17.4 Å². The van der Waals surface area contributed by atoms with Crippen LogP contribution in [0.1, 0.15) is 5.71 Å². The maximum atomic E-state index is 0. The Balaban J connectivity index is 0. The van der Waals surface area contributed by atoms with Gasteiger partial charge in [-0.2, -0.15) is 0 Å². The van der Waals surface area contributed by atoms with Gasteiger partial charge in [0.1, 0.15) is 0 Å². The first kappa shape index (κ1) is 31.3. The molecule has 0 rings (SSSR count). The summed E-state index contributed by atoms with van der Waals surface area (Å²) in [5.74, 6) is 0. The van der Waals surface area contributed by atoms with Crippen molar-refractivity contribution in [2.45, 2.75) is 0 Å². The van der Waals surface area contributed by atoms with E-state index in [1.807, 2.05) is 0 Å². The molecule has 22 valence electrons. The van der Waals surface area contributed by atoms with Crippen LogP contribution < -0.4 is 0 Å². The summed E-state index contributed by atoms with van der Waals surface area (Å²) in [6.45, 7) is 0. The van der Waals surface area contributed by atoms with Crippen molar-refractivity contribution in [1.82, 2.24) is 0 Å². The van der Waals surface area contributed by atoms with Gasteiger partial charge in [0.05, 0.1) is 0 Å². The minimum absolute atomic E-state index is 0. The van der Waals surface area contributed by atoms with Gasteiger partial charge in [-0.15, -0.1) is 0 Å². The summed E-state index contributed by atoms with van der Waals surface area (Å²) in [7, 11) is 0. The molecule has 0 bridgehead atoms. The topological polar surface area (TPSA) is 31.5 Å². The molecular weight excluding hydrogens is 107 g/mol. The van der Waals surface area contributed by atoms with E-state index in [9.17, 15) is 0 Å². The summed E-state index contributed by atoms with van der Waals surface area (Å²) in [6, 6.07) is 0. The van der Waals surface area contributed by atoms with Crippen molar-refractivity contribution >= 4 is 78.2 Å². The van der Waals surface area contributed by atoms with Gasteiger partial charge in [-0.25, -0.2) is 0 Å². The fourth-order valence-electron chi connectivity index (χ4n) is 0. The summed E-state index contributed by atoms with van der Waals surface area (Å²) in [5, 5.41) is 0. The molecule has 0 radical (unpaired) electrons. The summed E-state index contributed by atoms with van der Waals surface area (Å²) in [6.07, 6.45) is 0. The molecule has 0 atom stereocenters. The monoisotopic (exact) mass is 116 g/mol. The number of hydrogen-bond donors (Lipinski definition) is 0. The van der Waals surface area contributed by atoms with Crippen molar-refractivity contribution in [2.75, 3.05) is 0 Å². The molecule has 2 N–H and O–H groups in total. The van der Waals surface area contributed by atoms with Crippen LogP contribution in [0.2, 0.25) is 0 Å². The molecule has 0 heterocycles. The number of rotatable bonds is 0. The van der Waals surface area contributed by atoms with Crippen LogP contribution in [0.15, 0.2) is 0 Å². The van der Waals surface area contributed by atoms with Crippen LogP contribution >= 0.6 is 0 Å². The second kappa shape index (κ2) is 17.8. The predicted molar refractivity (Wildman–Crippen MR) is 29.5 cm³/mol. The maximum Gasteiger partial charge on any atom is 2.00 e. The average Bonchev–Trinajstić information content (AvgIpc) is 0. The molecule has 0 aromatic carbocycles. The van der Waals surface area contributed by atoms with Crippen LogP contribution in [0, 0.1) is 0 Å². The Morgan fingerprint density at radius 2 is 1.25 bits per heavy atom. The SMILES string of the molecule is O.[AlH3].[Ca+2].[H-].[H-].[H-].[H-].[Mg+2].